The van der Waals surface area contributed by atoms with Crippen LogP contribution in [0.3, 0.4) is 0 Å². The fourth-order valence-corrected chi connectivity index (χ4v) is 2.30. The van der Waals surface area contributed by atoms with Gasteiger partial charge in [-0.15, -0.1) is 0 Å². The third-order valence-corrected chi connectivity index (χ3v) is 2.75. The molecule has 0 N–H and O–H groups in total. The lowest BCUT2D eigenvalue weighted by Gasteiger charge is -2.22. The summed E-state index contributed by atoms with van der Waals surface area (Å²) in [6, 6.07) is 0. The zero-order valence-electron chi connectivity index (χ0n) is 10.2. The van der Waals surface area contributed by atoms with E-state index in [1.54, 1.807) is 0 Å². The Morgan fingerprint density at radius 3 is 2.29 bits per heavy atom. The summed E-state index contributed by atoms with van der Waals surface area (Å²) in [5, 5.41) is 0. The summed E-state index contributed by atoms with van der Waals surface area (Å²) >= 11 is 0. The van der Waals surface area contributed by atoms with Crippen LogP contribution in [-0.4, -0.2) is 24.9 Å². The summed E-state index contributed by atoms with van der Waals surface area (Å²) in [4.78, 5) is 0. The van der Waals surface area contributed by atoms with Gasteiger partial charge in [0.25, 0.3) is 0 Å². The molecule has 0 aliphatic heterocycles. The van der Waals surface area contributed by atoms with E-state index in [0.29, 0.717) is 23.7 Å². The van der Waals surface area contributed by atoms with Gasteiger partial charge in [0.2, 0.25) is 0 Å². The largest absolute Gasteiger partial charge is 0.376 e. The van der Waals surface area contributed by atoms with Gasteiger partial charge in [-0.3, -0.25) is 0 Å². The molecule has 0 radical (unpaired) electrons. The van der Waals surface area contributed by atoms with Gasteiger partial charge in [0.1, 0.15) is 0 Å². The minimum Gasteiger partial charge on any atom is -0.376 e. The molecule has 0 aromatic heterocycles. The van der Waals surface area contributed by atoms with E-state index in [1.807, 2.05) is 0 Å². The van der Waals surface area contributed by atoms with Gasteiger partial charge in [0, 0.05) is 6.61 Å². The highest BCUT2D eigenvalue weighted by Gasteiger charge is 2.40. The van der Waals surface area contributed by atoms with Crippen molar-refractivity contribution in [2.45, 2.75) is 65.8 Å². The van der Waals surface area contributed by atoms with E-state index in [2.05, 4.69) is 34.6 Å². The molecule has 0 spiro atoms. The molecular weight excluding hydrogens is 176 g/mol. The Kier molecular flexibility index (Phi) is 3.96. The summed E-state index contributed by atoms with van der Waals surface area (Å²) < 4.78 is 11.6. The third-order valence-electron chi connectivity index (χ3n) is 2.75. The van der Waals surface area contributed by atoms with Crippen LogP contribution in [0.4, 0.5) is 0 Å². The second-order valence-electron chi connectivity index (χ2n) is 5.29. The molecule has 0 saturated heterocycles. The van der Waals surface area contributed by atoms with E-state index in [-0.39, 0.29) is 0 Å². The molecule has 1 rings (SSSR count). The van der Waals surface area contributed by atoms with Crippen LogP contribution in [0.5, 0.6) is 0 Å². The number of ether oxygens (including phenoxy) is 2. The summed E-state index contributed by atoms with van der Waals surface area (Å²) in [6.07, 6.45) is 3.15. The molecule has 1 saturated carbocycles. The second-order valence-corrected chi connectivity index (χ2v) is 5.29. The molecular formula is C12H24O2. The van der Waals surface area contributed by atoms with Gasteiger partial charge in [-0.05, 0) is 39.0 Å². The lowest BCUT2D eigenvalue weighted by Crippen LogP contribution is -2.28. The van der Waals surface area contributed by atoms with Crippen molar-refractivity contribution >= 4 is 0 Å². The lowest BCUT2D eigenvalue weighted by molar-refractivity contribution is -0.0745. The summed E-state index contributed by atoms with van der Waals surface area (Å²) in [5.41, 5.74) is 0.374. The number of hydrogen-bond acceptors (Lipinski definition) is 2. The Labute approximate surface area is 88.0 Å². The molecule has 0 aromatic carbocycles. The maximum Gasteiger partial charge on any atom is 0.0845 e. The molecule has 2 heteroatoms. The van der Waals surface area contributed by atoms with Gasteiger partial charge < -0.3 is 9.47 Å². The van der Waals surface area contributed by atoms with E-state index >= 15 is 0 Å². The van der Waals surface area contributed by atoms with E-state index in [4.69, 9.17) is 9.47 Å². The van der Waals surface area contributed by atoms with Crippen molar-refractivity contribution in [2.75, 3.05) is 6.61 Å². The smallest absolute Gasteiger partial charge is 0.0845 e. The first-order valence-electron chi connectivity index (χ1n) is 5.71. The Morgan fingerprint density at radius 1 is 1.21 bits per heavy atom. The molecule has 84 valence electrons. The van der Waals surface area contributed by atoms with Crippen LogP contribution >= 0.6 is 0 Å². The molecule has 0 unspecified atom stereocenters. The van der Waals surface area contributed by atoms with Crippen LogP contribution in [-0.2, 0) is 9.47 Å². The predicted molar refractivity (Wildman–Crippen MR) is 58.4 cm³/mol. The lowest BCUT2D eigenvalue weighted by atomic mass is 9.92. The monoisotopic (exact) mass is 200 g/mol. The highest BCUT2D eigenvalue weighted by molar-refractivity contribution is 4.91. The quantitative estimate of drug-likeness (QED) is 0.694. The van der Waals surface area contributed by atoms with Crippen LogP contribution in [0.25, 0.3) is 0 Å². The van der Waals surface area contributed by atoms with Gasteiger partial charge in [-0.25, -0.2) is 0 Å². The molecule has 1 aliphatic rings. The highest BCUT2D eigenvalue weighted by Crippen LogP contribution is 2.40. The molecule has 0 bridgehead atoms. The van der Waals surface area contributed by atoms with Gasteiger partial charge >= 0.3 is 0 Å². The Morgan fingerprint density at radius 2 is 1.79 bits per heavy atom. The maximum atomic E-state index is 5.89. The van der Waals surface area contributed by atoms with Crippen LogP contribution in [0.2, 0.25) is 0 Å². The van der Waals surface area contributed by atoms with Gasteiger partial charge in [0.05, 0.1) is 18.3 Å². The van der Waals surface area contributed by atoms with Crippen molar-refractivity contribution in [3.8, 4) is 0 Å². The third kappa shape index (κ3) is 3.25. The minimum absolute atomic E-state index is 0.296. The first kappa shape index (κ1) is 12.0. The van der Waals surface area contributed by atoms with Crippen molar-refractivity contribution in [3.63, 3.8) is 0 Å². The normalized spacial score (nSPS) is 31.3. The Hall–Kier alpha value is -0.0800. The van der Waals surface area contributed by atoms with E-state index in [9.17, 15) is 0 Å². The fourth-order valence-electron chi connectivity index (χ4n) is 2.30. The number of rotatable bonds is 4. The zero-order valence-corrected chi connectivity index (χ0v) is 10.2. The predicted octanol–water partition coefficient (Wildman–Crippen LogP) is 3.01. The summed E-state index contributed by atoms with van der Waals surface area (Å²) in [6.45, 7) is 11.6. The average Bonchev–Trinajstić information content (AvgIpc) is 2.25. The Bertz CT molecular complexity index is 175. The van der Waals surface area contributed by atoms with Crippen molar-refractivity contribution in [2.24, 2.45) is 5.41 Å². The molecule has 1 fully saturated rings. The topological polar surface area (TPSA) is 18.5 Å². The molecule has 0 heterocycles. The highest BCUT2D eigenvalue weighted by atomic mass is 16.5. The maximum absolute atomic E-state index is 5.89. The first-order valence-corrected chi connectivity index (χ1v) is 5.71. The van der Waals surface area contributed by atoms with Crippen LogP contribution in [0.1, 0.15) is 47.5 Å². The van der Waals surface area contributed by atoms with E-state index in [1.165, 1.54) is 0 Å². The Balaban J connectivity index is 2.53. The van der Waals surface area contributed by atoms with E-state index in [0.717, 1.165) is 19.4 Å². The van der Waals surface area contributed by atoms with E-state index < -0.39 is 0 Å². The van der Waals surface area contributed by atoms with Crippen LogP contribution in [0, 0.1) is 5.41 Å². The fraction of sp³-hybridized carbons (Fsp3) is 1.00. The van der Waals surface area contributed by atoms with Gasteiger partial charge in [-0.1, -0.05) is 13.8 Å². The molecule has 2 atom stereocenters. The number of hydrogen-bond donors (Lipinski definition) is 0. The van der Waals surface area contributed by atoms with Crippen molar-refractivity contribution < 1.29 is 9.47 Å². The standard InChI is InChI=1S/C12H24O2/c1-6-13-10-7-12(4,5)8-11(10)14-9(2)3/h9-11H,6-8H2,1-5H3/t10-,11-/m1/s1. The summed E-state index contributed by atoms with van der Waals surface area (Å²) in [5.74, 6) is 0. The molecule has 1 aliphatic carbocycles. The molecule has 0 amide bonds. The van der Waals surface area contributed by atoms with Gasteiger partial charge in [-0.2, -0.15) is 0 Å². The van der Waals surface area contributed by atoms with Crippen molar-refractivity contribution in [3.05, 3.63) is 0 Å². The second kappa shape index (κ2) is 4.63. The van der Waals surface area contributed by atoms with Crippen LogP contribution in [0.15, 0.2) is 0 Å². The van der Waals surface area contributed by atoms with Crippen molar-refractivity contribution in [1.29, 1.82) is 0 Å². The minimum atomic E-state index is 0.296. The first-order chi connectivity index (χ1) is 6.44. The summed E-state index contributed by atoms with van der Waals surface area (Å²) in [7, 11) is 0. The average molecular weight is 200 g/mol. The van der Waals surface area contributed by atoms with Crippen molar-refractivity contribution in [1.82, 2.24) is 0 Å². The molecule has 14 heavy (non-hydrogen) atoms. The van der Waals surface area contributed by atoms with Gasteiger partial charge in [0.15, 0.2) is 0 Å². The zero-order chi connectivity index (χ0) is 10.8. The molecule has 2 nitrogen and oxygen atoms in total. The SMILES string of the molecule is CCO[C@@H]1CC(C)(C)C[C@H]1OC(C)C. The van der Waals surface area contributed by atoms with Crippen LogP contribution < -0.4 is 0 Å². The molecule has 0 aromatic rings.